The number of para-hydroxylation sites is 1. The third-order valence-electron chi connectivity index (χ3n) is 5.03. The Morgan fingerprint density at radius 2 is 1.96 bits per heavy atom. The average molecular weight is 327 g/mol. The fraction of sp³-hybridized carbons (Fsp3) is 0.450. The van der Waals surface area contributed by atoms with Crippen LogP contribution in [0.25, 0.3) is 0 Å². The second-order valence-corrected chi connectivity index (χ2v) is 6.71. The molecule has 0 aliphatic heterocycles. The Kier molecular flexibility index (Phi) is 5.24. The monoisotopic (exact) mass is 327 g/mol. The topological polar surface area (TPSA) is 51.5 Å². The van der Waals surface area contributed by atoms with Crippen LogP contribution in [0.2, 0.25) is 0 Å². The maximum Gasteiger partial charge on any atom is 0.287 e. The third kappa shape index (κ3) is 3.99. The van der Waals surface area contributed by atoms with Crippen molar-refractivity contribution in [3.63, 3.8) is 0 Å². The van der Waals surface area contributed by atoms with Crippen molar-refractivity contribution in [3.05, 3.63) is 54.0 Å². The van der Waals surface area contributed by atoms with Gasteiger partial charge in [-0.25, -0.2) is 0 Å². The number of hydrogen-bond donors (Lipinski definition) is 1. The Hall–Kier alpha value is -2.23. The summed E-state index contributed by atoms with van der Waals surface area (Å²) in [5, 5.41) is 3.13. The molecule has 0 spiro atoms. The van der Waals surface area contributed by atoms with Gasteiger partial charge in [-0.2, -0.15) is 0 Å². The predicted octanol–water partition coefficient (Wildman–Crippen LogP) is 4.41. The number of rotatable bonds is 5. The molecular formula is C20H25NO3. The van der Waals surface area contributed by atoms with Crippen LogP contribution >= 0.6 is 0 Å². The molecule has 1 aliphatic carbocycles. The van der Waals surface area contributed by atoms with Gasteiger partial charge >= 0.3 is 0 Å². The summed E-state index contributed by atoms with van der Waals surface area (Å²) >= 11 is 0. The van der Waals surface area contributed by atoms with Crippen molar-refractivity contribution < 1.29 is 13.9 Å². The molecule has 1 aromatic heterocycles. The highest BCUT2D eigenvalue weighted by molar-refractivity contribution is 5.91. The molecule has 4 heteroatoms. The summed E-state index contributed by atoms with van der Waals surface area (Å²) in [5.41, 5.74) is 0. The number of amides is 1. The summed E-state index contributed by atoms with van der Waals surface area (Å²) in [6.07, 6.45) is 3.46. The maximum absolute atomic E-state index is 12.4. The lowest BCUT2D eigenvalue weighted by molar-refractivity contribution is 0.0859. The lowest BCUT2D eigenvalue weighted by Gasteiger charge is -2.34. The van der Waals surface area contributed by atoms with E-state index in [1.807, 2.05) is 30.3 Å². The Labute approximate surface area is 143 Å². The van der Waals surface area contributed by atoms with E-state index in [-0.39, 0.29) is 11.9 Å². The molecular weight excluding hydrogens is 302 g/mol. The number of ether oxygens (including phenoxy) is 1. The summed E-state index contributed by atoms with van der Waals surface area (Å²) in [6.45, 7) is 4.79. The zero-order valence-electron chi connectivity index (χ0n) is 14.3. The van der Waals surface area contributed by atoms with Crippen LogP contribution in [-0.4, -0.2) is 11.9 Å². The van der Waals surface area contributed by atoms with Gasteiger partial charge < -0.3 is 14.5 Å². The molecule has 4 nitrogen and oxygen atoms in total. The van der Waals surface area contributed by atoms with Crippen LogP contribution in [0.1, 0.15) is 49.4 Å². The lowest BCUT2D eigenvalue weighted by Crippen LogP contribution is -2.43. The standard InChI is InChI=1S/C20H25NO3/c1-14-7-6-10-18(15(14)2)21-20(22)19-12-11-17(24-19)13-23-16-8-4-3-5-9-16/h3-5,8-9,11-12,14-15,18H,6-7,10,13H2,1-2H3,(H,21,22)/t14-,15+,18-/m0/s1. The molecule has 1 amide bonds. The molecule has 0 radical (unpaired) electrons. The van der Waals surface area contributed by atoms with Crippen LogP contribution < -0.4 is 10.1 Å². The van der Waals surface area contributed by atoms with Crippen LogP contribution in [-0.2, 0) is 6.61 Å². The van der Waals surface area contributed by atoms with E-state index in [0.717, 1.165) is 12.2 Å². The molecule has 1 saturated carbocycles. The Morgan fingerprint density at radius 3 is 2.75 bits per heavy atom. The van der Waals surface area contributed by atoms with Crippen molar-refractivity contribution in [1.82, 2.24) is 5.32 Å². The van der Waals surface area contributed by atoms with Crippen LogP contribution in [0, 0.1) is 11.8 Å². The van der Waals surface area contributed by atoms with Gasteiger partial charge in [-0.05, 0) is 42.5 Å². The largest absolute Gasteiger partial charge is 0.486 e. The van der Waals surface area contributed by atoms with E-state index in [1.165, 1.54) is 12.8 Å². The molecule has 3 atom stereocenters. The van der Waals surface area contributed by atoms with E-state index in [9.17, 15) is 4.79 Å². The summed E-state index contributed by atoms with van der Waals surface area (Å²) in [6, 6.07) is 13.3. The first-order chi connectivity index (χ1) is 11.6. The van der Waals surface area contributed by atoms with Gasteiger partial charge in [0.25, 0.3) is 5.91 Å². The van der Waals surface area contributed by atoms with Crippen molar-refractivity contribution in [2.75, 3.05) is 0 Å². The van der Waals surface area contributed by atoms with Crippen molar-refractivity contribution in [2.45, 2.75) is 45.8 Å². The van der Waals surface area contributed by atoms with Crippen LogP contribution in [0.5, 0.6) is 5.75 Å². The van der Waals surface area contributed by atoms with E-state index < -0.39 is 0 Å². The highest BCUT2D eigenvalue weighted by Gasteiger charge is 2.29. The van der Waals surface area contributed by atoms with Gasteiger partial charge in [0.2, 0.25) is 0 Å². The summed E-state index contributed by atoms with van der Waals surface area (Å²) in [7, 11) is 0. The summed E-state index contributed by atoms with van der Waals surface area (Å²) < 4.78 is 11.3. The molecule has 1 aliphatic rings. The molecule has 2 aromatic rings. The molecule has 0 unspecified atom stereocenters. The quantitative estimate of drug-likeness (QED) is 0.885. The minimum atomic E-state index is -0.132. The number of benzene rings is 1. The van der Waals surface area contributed by atoms with Gasteiger partial charge in [-0.3, -0.25) is 4.79 Å². The minimum absolute atomic E-state index is 0.132. The normalized spacial score (nSPS) is 23.7. The van der Waals surface area contributed by atoms with E-state index >= 15 is 0 Å². The first-order valence-corrected chi connectivity index (χ1v) is 8.71. The van der Waals surface area contributed by atoms with E-state index in [4.69, 9.17) is 9.15 Å². The second kappa shape index (κ2) is 7.56. The Bertz CT molecular complexity index is 665. The van der Waals surface area contributed by atoms with Crippen LogP contribution in [0.4, 0.5) is 0 Å². The molecule has 24 heavy (non-hydrogen) atoms. The zero-order chi connectivity index (χ0) is 16.9. The Balaban J connectivity index is 1.55. The van der Waals surface area contributed by atoms with Gasteiger partial charge in [0.1, 0.15) is 18.1 Å². The highest BCUT2D eigenvalue weighted by atomic mass is 16.5. The summed E-state index contributed by atoms with van der Waals surface area (Å²) in [4.78, 5) is 12.4. The maximum atomic E-state index is 12.4. The number of hydrogen-bond acceptors (Lipinski definition) is 3. The minimum Gasteiger partial charge on any atom is -0.486 e. The fourth-order valence-corrected chi connectivity index (χ4v) is 3.27. The first-order valence-electron chi connectivity index (χ1n) is 8.71. The lowest BCUT2D eigenvalue weighted by atomic mass is 9.78. The van der Waals surface area contributed by atoms with Gasteiger partial charge in [-0.1, -0.05) is 44.9 Å². The van der Waals surface area contributed by atoms with E-state index in [2.05, 4.69) is 19.2 Å². The van der Waals surface area contributed by atoms with E-state index in [1.54, 1.807) is 12.1 Å². The van der Waals surface area contributed by atoms with Crippen LogP contribution in [0.15, 0.2) is 46.9 Å². The molecule has 0 bridgehead atoms. The molecule has 1 heterocycles. The first kappa shape index (κ1) is 16.6. The molecule has 128 valence electrons. The molecule has 1 N–H and O–H groups in total. The number of carbonyl (C=O) groups excluding carboxylic acids is 1. The van der Waals surface area contributed by atoms with E-state index in [0.29, 0.717) is 30.0 Å². The number of carbonyl (C=O) groups is 1. The predicted molar refractivity (Wildman–Crippen MR) is 92.9 cm³/mol. The van der Waals surface area contributed by atoms with Crippen molar-refractivity contribution in [2.24, 2.45) is 11.8 Å². The number of furan rings is 1. The second-order valence-electron chi connectivity index (χ2n) is 6.71. The van der Waals surface area contributed by atoms with Gasteiger partial charge in [0, 0.05) is 6.04 Å². The number of nitrogens with one attached hydrogen (secondary N) is 1. The summed E-state index contributed by atoms with van der Waals surface area (Å²) in [5.74, 6) is 2.80. The Morgan fingerprint density at radius 1 is 1.17 bits per heavy atom. The highest BCUT2D eigenvalue weighted by Crippen LogP contribution is 2.29. The molecule has 0 saturated heterocycles. The molecule has 1 fully saturated rings. The van der Waals surface area contributed by atoms with Gasteiger partial charge in [-0.15, -0.1) is 0 Å². The fourth-order valence-electron chi connectivity index (χ4n) is 3.27. The SMILES string of the molecule is C[C@H]1[C@@H](NC(=O)c2ccc(COc3ccccc3)o2)CCC[C@@H]1C. The van der Waals surface area contributed by atoms with Crippen molar-refractivity contribution >= 4 is 5.91 Å². The van der Waals surface area contributed by atoms with Gasteiger partial charge in [0.15, 0.2) is 5.76 Å². The zero-order valence-corrected chi connectivity index (χ0v) is 14.3. The average Bonchev–Trinajstić information content (AvgIpc) is 3.07. The van der Waals surface area contributed by atoms with Crippen molar-refractivity contribution in [1.29, 1.82) is 0 Å². The molecule has 3 rings (SSSR count). The van der Waals surface area contributed by atoms with Gasteiger partial charge in [0.05, 0.1) is 0 Å². The van der Waals surface area contributed by atoms with Crippen molar-refractivity contribution in [3.8, 4) is 5.75 Å². The smallest absolute Gasteiger partial charge is 0.287 e. The third-order valence-corrected chi connectivity index (χ3v) is 5.03. The molecule has 1 aromatic carbocycles. The van der Waals surface area contributed by atoms with Crippen LogP contribution in [0.3, 0.4) is 0 Å².